The molecule has 0 amide bonds. The highest BCUT2D eigenvalue weighted by atomic mass is 79.9. The second-order valence-electron chi connectivity index (χ2n) is 4.07. The molecule has 0 spiro atoms. The summed E-state index contributed by atoms with van der Waals surface area (Å²) in [4.78, 5) is 11.1. The minimum atomic E-state index is -3.81. The van der Waals surface area contributed by atoms with Gasteiger partial charge in [-0.2, -0.15) is 0 Å². The molecule has 0 atom stereocenters. The standard InChI is InChI=1S/C13H9Br2NO4S/c14-9-5-8(13(17)18)6-10(7-9)16-21(19,20)12-4-2-1-3-11(12)15/h1-7,16H,(H,17,18). The zero-order chi connectivity index (χ0) is 15.6. The van der Waals surface area contributed by atoms with Gasteiger partial charge in [0.2, 0.25) is 0 Å². The molecular weight excluding hydrogens is 426 g/mol. The van der Waals surface area contributed by atoms with E-state index in [1.165, 1.54) is 24.3 Å². The number of carboxylic acids is 1. The maximum atomic E-state index is 12.3. The lowest BCUT2D eigenvalue weighted by Crippen LogP contribution is -2.14. The lowest BCUT2D eigenvalue weighted by Gasteiger charge is -2.10. The van der Waals surface area contributed by atoms with E-state index in [0.29, 0.717) is 8.95 Å². The molecule has 5 nitrogen and oxygen atoms in total. The van der Waals surface area contributed by atoms with Crippen LogP contribution in [-0.4, -0.2) is 19.5 Å². The second-order valence-corrected chi connectivity index (χ2v) is 7.49. The van der Waals surface area contributed by atoms with Crippen molar-refractivity contribution in [1.29, 1.82) is 0 Å². The molecule has 0 saturated heterocycles. The molecule has 0 bridgehead atoms. The summed E-state index contributed by atoms with van der Waals surface area (Å²) >= 11 is 6.33. The molecule has 2 rings (SSSR count). The highest BCUT2D eigenvalue weighted by molar-refractivity contribution is 9.10. The van der Waals surface area contributed by atoms with Gasteiger partial charge in [-0.15, -0.1) is 0 Å². The van der Waals surface area contributed by atoms with Crippen molar-refractivity contribution in [3.8, 4) is 0 Å². The first-order chi connectivity index (χ1) is 9.79. The van der Waals surface area contributed by atoms with Crippen LogP contribution in [0.2, 0.25) is 0 Å². The molecule has 0 aromatic heterocycles. The first-order valence-electron chi connectivity index (χ1n) is 5.61. The molecule has 110 valence electrons. The van der Waals surface area contributed by atoms with E-state index in [1.807, 2.05) is 0 Å². The summed E-state index contributed by atoms with van der Waals surface area (Å²) in [6, 6.07) is 10.5. The zero-order valence-corrected chi connectivity index (χ0v) is 14.4. The molecule has 0 aliphatic rings. The molecule has 0 aliphatic carbocycles. The van der Waals surface area contributed by atoms with E-state index in [-0.39, 0.29) is 16.1 Å². The van der Waals surface area contributed by atoms with Crippen molar-refractivity contribution in [3.05, 3.63) is 57.0 Å². The Bertz CT molecular complexity index is 806. The van der Waals surface area contributed by atoms with Crippen molar-refractivity contribution in [2.45, 2.75) is 4.90 Å². The van der Waals surface area contributed by atoms with Crippen LogP contribution in [0.1, 0.15) is 10.4 Å². The average Bonchev–Trinajstić information content (AvgIpc) is 2.37. The van der Waals surface area contributed by atoms with Gasteiger partial charge in [0, 0.05) is 8.95 Å². The summed E-state index contributed by atoms with van der Waals surface area (Å²) in [5.74, 6) is -1.14. The Morgan fingerprint density at radius 1 is 1.10 bits per heavy atom. The van der Waals surface area contributed by atoms with Gasteiger partial charge in [0.15, 0.2) is 0 Å². The zero-order valence-electron chi connectivity index (χ0n) is 10.4. The third kappa shape index (κ3) is 3.84. The van der Waals surface area contributed by atoms with Gasteiger partial charge >= 0.3 is 5.97 Å². The van der Waals surface area contributed by atoms with Crippen molar-refractivity contribution in [1.82, 2.24) is 0 Å². The molecule has 2 N–H and O–H groups in total. The highest BCUT2D eigenvalue weighted by Crippen LogP contribution is 2.26. The van der Waals surface area contributed by atoms with Gasteiger partial charge in [-0.1, -0.05) is 28.1 Å². The van der Waals surface area contributed by atoms with Crippen LogP contribution in [0.3, 0.4) is 0 Å². The fourth-order valence-corrected chi connectivity index (χ4v) is 4.18. The van der Waals surface area contributed by atoms with Crippen LogP contribution in [0.4, 0.5) is 5.69 Å². The molecule has 0 saturated carbocycles. The third-order valence-electron chi connectivity index (χ3n) is 2.52. The number of hydrogen-bond acceptors (Lipinski definition) is 3. The smallest absolute Gasteiger partial charge is 0.335 e. The monoisotopic (exact) mass is 433 g/mol. The number of sulfonamides is 1. The van der Waals surface area contributed by atoms with E-state index in [1.54, 1.807) is 18.2 Å². The number of halogens is 2. The Hall–Kier alpha value is -1.38. The van der Waals surface area contributed by atoms with Gasteiger partial charge in [0.25, 0.3) is 10.0 Å². The van der Waals surface area contributed by atoms with Gasteiger partial charge in [-0.05, 0) is 46.3 Å². The van der Waals surface area contributed by atoms with Gasteiger partial charge in [-0.25, -0.2) is 13.2 Å². The van der Waals surface area contributed by atoms with Crippen LogP contribution in [0, 0.1) is 0 Å². The number of nitrogens with one attached hydrogen (secondary N) is 1. The number of hydrogen-bond donors (Lipinski definition) is 2. The van der Waals surface area contributed by atoms with E-state index in [2.05, 4.69) is 36.6 Å². The topological polar surface area (TPSA) is 83.5 Å². The van der Waals surface area contributed by atoms with Crippen LogP contribution in [0.25, 0.3) is 0 Å². The van der Waals surface area contributed by atoms with Crippen molar-refractivity contribution in [2.75, 3.05) is 4.72 Å². The average molecular weight is 435 g/mol. The Morgan fingerprint density at radius 3 is 2.38 bits per heavy atom. The van der Waals surface area contributed by atoms with Crippen molar-refractivity contribution in [2.24, 2.45) is 0 Å². The molecular formula is C13H9Br2NO4S. The number of benzene rings is 2. The molecule has 21 heavy (non-hydrogen) atoms. The predicted octanol–water partition coefficient (Wildman–Crippen LogP) is 3.71. The van der Waals surface area contributed by atoms with Crippen LogP contribution < -0.4 is 4.72 Å². The summed E-state index contributed by atoms with van der Waals surface area (Å²) in [7, 11) is -3.81. The number of carbonyl (C=O) groups is 1. The minimum absolute atomic E-state index is 0.0193. The number of anilines is 1. The van der Waals surface area contributed by atoms with E-state index < -0.39 is 16.0 Å². The van der Waals surface area contributed by atoms with Crippen molar-refractivity contribution < 1.29 is 18.3 Å². The fourth-order valence-electron chi connectivity index (χ4n) is 1.64. The Morgan fingerprint density at radius 2 is 1.76 bits per heavy atom. The van der Waals surface area contributed by atoms with Gasteiger partial charge in [0.05, 0.1) is 11.3 Å². The lowest BCUT2D eigenvalue weighted by molar-refractivity contribution is 0.0697. The first kappa shape index (κ1) is 16.0. The van der Waals surface area contributed by atoms with Crippen LogP contribution in [0.5, 0.6) is 0 Å². The SMILES string of the molecule is O=C(O)c1cc(Br)cc(NS(=O)(=O)c2ccccc2Br)c1. The Kier molecular flexibility index (Phi) is 4.70. The number of aromatic carboxylic acids is 1. The third-order valence-corrected chi connectivity index (χ3v) is 5.37. The minimum Gasteiger partial charge on any atom is -0.478 e. The van der Waals surface area contributed by atoms with Gasteiger partial charge in [-0.3, -0.25) is 4.72 Å². The summed E-state index contributed by atoms with van der Waals surface area (Å²) in [5, 5.41) is 8.99. The second kappa shape index (κ2) is 6.17. The molecule has 2 aromatic carbocycles. The van der Waals surface area contributed by atoms with Crippen molar-refractivity contribution >= 4 is 53.5 Å². The van der Waals surface area contributed by atoms with Gasteiger partial charge in [0.1, 0.15) is 4.90 Å². The molecule has 0 aliphatic heterocycles. The van der Waals surface area contributed by atoms with Crippen LogP contribution in [0.15, 0.2) is 56.3 Å². The summed E-state index contributed by atoms with van der Waals surface area (Å²) in [5.41, 5.74) is 0.145. The summed E-state index contributed by atoms with van der Waals surface area (Å²) < 4.78 is 27.9. The molecule has 0 radical (unpaired) electrons. The molecule has 0 unspecified atom stereocenters. The summed E-state index contributed by atoms with van der Waals surface area (Å²) in [6.07, 6.45) is 0. The van der Waals surface area contributed by atoms with E-state index in [9.17, 15) is 13.2 Å². The lowest BCUT2D eigenvalue weighted by atomic mass is 10.2. The molecule has 2 aromatic rings. The predicted molar refractivity (Wildman–Crippen MR) is 86.1 cm³/mol. The summed E-state index contributed by atoms with van der Waals surface area (Å²) in [6.45, 7) is 0. The van der Waals surface area contributed by atoms with E-state index in [0.717, 1.165) is 0 Å². The number of carboxylic acid groups (broad SMARTS) is 1. The van der Waals surface area contributed by atoms with Gasteiger partial charge < -0.3 is 5.11 Å². The van der Waals surface area contributed by atoms with Crippen LogP contribution in [-0.2, 0) is 10.0 Å². The maximum Gasteiger partial charge on any atom is 0.335 e. The van der Waals surface area contributed by atoms with Crippen LogP contribution >= 0.6 is 31.9 Å². The highest BCUT2D eigenvalue weighted by Gasteiger charge is 2.18. The normalized spacial score (nSPS) is 11.1. The quantitative estimate of drug-likeness (QED) is 0.768. The van der Waals surface area contributed by atoms with Crippen molar-refractivity contribution in [3.63, 3.8) is 0 Å². The maximum absolute atomic E-state index is 12.3. The molecule has 8 heteroatoms. The largest absolute Gasteiger partial charge is 0.478 e. The Balaban J connectivity index is 2.42. The fraction of sp³-hybridized carbons (Fsp3) is 0. The first-order valence-corrected chi connectivity index (χ1v) is 8.68. The molecule has 0 fully saturated rings. The van der Waals surface area contributed by atoms with E-state index in [4.69, 9.17) is 5.11 Å². The number of rotatable bonds is 4. The Labute approximate surface area is 138 Å². The molecule has 0 heterocycles. The van der Waals surface area contributed by atoms with E-state index >= 15 is 0 Å².